The van der Waals surface area contributed by atoms with Gasteiger partial charge in [-0.05, 0) is 37.0 Å². The summed E-state index contributed by atoms with van der Waals surface area (Å²) in [6.45, 7) is 0.0173. The summed E-state index contributed by atoms with van der Waals surface area (Å²) >= 11 is 6.00. The first-order chi connectivity index (χ1) is 6.79. The van der Waals surface area contributed by atoms with Gasteiger partial charge in [0.15, 0.2) is 0 Å². The van der Waals surface area contributed by atoms with Crippen LogP contribution in [0, 0.1) is 0 Å². The second-order valence-corrected chi connectivity index (χ2v) is 4.00. The van der Waals surface area contributed by atoms with Crippen LogP contribution in [-0.4, -0.2) is 11.2 Å². The van der Waals surface area contributed by atoms with E-state index >= 15 is 0 Å². The minimum absolute atomic E-state index is 0.0173. The van der Waals surface area contributed by atoms with Crippen molar-refractivity contribution in [2.45, 2.75) is 32.0 Å². The molecule has 76 valence electrons. The molecule has 1 fully saturated rings. The molecule has 0 aromatic heterocycles. The molecule has 3 heteroatoms. The van der Waals surface area contributed by atoms with Crippen molar-refractivity contribution >= 4 is 11.6 Å². The molecule has 0 atom stereocenters. The molecule has 2 nitrogen and oxygen atoms in total. The number of aliphatic hydroxyl groups excluding tert-OH is 1. The van der Waals surface area contributed by atoms with Gasteiger partial charge in [-0.25, -0.2) is 0 Å². The normalized spacial score (nSPS) is 16.4. The van der Waals surface area contributed by atoms with E-state index in [1.165, 1.54) is 6.42 Å². The van der Waals surface area contributed by atoms with Crippen LogP contribution >= 0.6 is 11.6 Å². The third kappa shape index (κ3) is 2.02. The Labute approximate surface area is 88.5 Å². The van der Waals surface area contributed by atoms with E-state index in [0.29, 0.717) is 11.1 Å². The maximum Gasteiger partial charge on any atom is 0.138 e. The molecule has 0 amide bonds. The Morgan fingerprint density at radius 3 is 2.71 bits per heavy atom. The predicted molar refractivity (Wildman–Crippen MR) is 55.6 cm³/mol. The minimum Gasteiger partial charge on any atom is -0.489 e. The van der Waals surface area contributed by atoms with Crippen molar-refractivity contribution in [1.29, 1.82) is 0 Å². The Morgan fingerprint density at radius 1 is 1.43 bits per heavy atom. The van der Waals surface area contributed by atoms with Crippen LogP contribution < -0.4 is 4.74 Å². The lowest BCUT2D eigenvalue weighted by atomic mass is 9.96. The third-order valence-corrected chi connectivity index (χ3v) is 2.82. The molecule has 14 heavy (non-hydrogen) atoms. The molecular formula is C11H13ClO2. The fourth-order valence-electron chi connectivity index (χ4n) is 1.41. The van der Waals surface area contributed by atoms with Crippen LogP contribution in [0.15, 0.2) is 18.2 Å². The molecule has 1 N–H and O–H groups in total. The van der Waals surface area contributed by atoms with E-state index in [-0.39, 0.29) is 6.61 Å². The van der Waals surface area contributed by atoms with Gasteiger partial charge in [0.05, 0.1) is 17.7 Å². The molecule has 2 rings (SSSR count). The van der Waals surface area contributed by atoms with Crippen molar-refractivity contribution in [3.63, 3.8) is 0 Å². The van der Waals surface area contributed by atoms with Gasteiger partial charge in [-0.3, -0.25) is 0 Å². The first-order valence-electron chi connectivity index (χ1n) is 4.85. The van der Waals surface area contributed by atoms with Gasteiger partial charge in [0.1, 0.15) is 5.75 Å². The molecule has 1 aromatic carbocycles. The maximum atomic E-state index is 8.89. The number of ether oxygens (including phenoxy) is 1. The number of rotatable bonds is 3. The summed E-state index contributed by atoms with van der Waals surface area (Å²) in [7, 11) is 0. The molecule has 1 aliphatic carbocycles. The molecule has 0 unspecified atom stereocenters. The van der Waals surface area contributed by atoms with E-state index in [0.717, 1.165) is 24.2 Å². The average molecular weight is 213 g/mol. The molecule has 1 aromatic rings. The highest BCUT2D eigenvalue weighted by molar-refractivity contribution is 6.32. The van der Waals surface area contributed by atoms with Crippen molar-refractivity contribution in [2.24, 2.45) is 0 Å². The Balaban J connectivity index is 2.09. The zero-order chi connectivity index (χ0) is 9.97. The molecule has 0 aliphatic heterocycles. The van der Waals surface area contributed by atoms with E-state index in [1.807, 2.05) is 12.1 Å². The second kappa shape index (κ2) is 4.20. The lowest BCUT2D eigenvalue weighted by Crippen LogP contribution is -2.24. The van der Waals surface area contributed by atoms with Crippen LogP contribution in [0.4, 0.5) is 0 Å². The van der Waals surface area contributed by atoms with Crippen LogP contribution in [0.5, 0.6) is 5.75 Å². The fourth-order valence-corrected chi connectivity index (χ4v) is 1.65. The Hall–Kier alpha value is -0.730. The number of halogens is 1. The zero-order valence-electron chi connectivity index (χ0n) is 7.87. The van der Waals surface area contributed by atoms with Crippen molar-refractivity contribution in [1.82, 2.24) is 0 Å². The summed E-state index contributed by atoms with van der Waals surface area (Å²) < 4.78 is 5.67. The summed E-state index contributed by atoms with van der Waals surface area (Å²) in [5.41, 5.74) is 0.816. The van der Waals surface area contributed by atoms with Crippen LogP contribution in [0.1, 0.15) is 24.8 Å². The van der Waals surface area contributed by atoms with Gasteiger partial charge in [0.25, 0.3) is 0 Å². The maximum absolute atomic E-state index is 8.89. The Bertz CT molecular complexity index is 321. The molecule has 0 heterocycles. The number of aliphatic hydroxyl groups is 1. The molecule has 0 saturated heterocycles. The van der Waals surface area contributed by atoms with E-state index in [9.17, 15) is 0 Å². The molecule has 0 radical (unpaired) electrons. The molecule has 1 saturated carbocycles. The molecule has 1 aliphatic rings. The van der Waals surface area contributed by atoms with Gasteiger partial charge in [-0.1, -0.05) is 17.7 Å². The summed E-state index contributed by atoms with van der Waals surface area (Å²) in [4.78, 5) is 0. The fraction of sp³-hybridized carbons (Fsp3) is 0.455. The standard InChI is InChI=1S/C11H13ClO2/c12-10-6-8(7-13)4-5-11(10)14-9-2-1-3-9/h4-6,9,13H,1-3,7H2. The summed E-state index contributed by atoms with van der Waals surface area (Å²) in [6.07, 6.45) is 3.83. The second-order valence-electron chi connectivity index (χ2n) is 3.59. The van der Waals surface area contributed by atoms with Crippen LogP contribution in [0.3, 0.4) is 0 Å². The highest BCUT2D eigenvalue weighted by Crippen LogP contribution is 2.31. The number of hydrogen-bond donors (Lipinski definition) is 1. The van der Waals surface area contributed by atoms with Crippen molar-refractivity contribution in [2.75, 3.05) is 0 Å². The first-order valence-corrected chi connectivity index (χ1v) is 5.23. The van der Waals surface area contributed by atoms with Crippen LogP contribution in [-0.2, 0) is 6.61 Å². The van der Waals surface area contributed by atoms with Crippen molar-refractivity contribution in [3.05, 3.63) is 28.8 Å². The zero-order valence-corrected chi connectivity index (χ0v) is 8.63. The van der Waals surface area contributed by atoms with E-state index < -0.39 is 0 Å². The Morgan fingerprint density at radius 2 is 2.21 bits per heavy atom. The van der Waals surface area contributed by atoms with Gasteiger partial charge in [-0.15, -0.1) is 0 Å². The lowest BCUT2D eigenvalue weighted by Gasteiger charge is -2.26. The topological polar surface area (TPSA) is 29.5 Å². The first kappa shape index (κ1) is 9.81. The summed E-state index contributed by atoms with van der Waals surface area (Å²) in [5, 5.41) is 9.48. The van der Waals surface area contributed by atoms with Crippen LogP contribution in [0.25, 0.3) is 0 Å². The molecular weight excluding hydrogens is 200 g/mol. The smallest absolute Gasteiger partial charge is 0.138 e. The van der Waals surface area contributed by atoms with Gasteiger partial charge in [0.2, 0.25) is 0 Å². The van der Waals surface area contributed by atoms with E-state index in [2.05, 4.69) is 0 Å². The monoisotopic (exact) mass is 212 g/mol. The minimum atomic E-state index is 0.0173. The van der Waals surface area contributed by atoms with E-state index in [1.54, 1.807) is 6.07 Å². The predicted octanol–water partition coefficient (Wildman–Crippen LogP) is 2.76. The van der Waals surface area contributed by atoms with Gasteiger partial charge < -0.3 is 9.84 Å². The van der Waals surface area contributed by atoms with Gasteiger partial charge in [0, 0.05) is 0 Å². The third-order valence-electron chi connectivity index (χ3n) is 2.52. The quantitative estimate of drug-likeness (QED) is 0.835. The Kier molecular flexibility index (Phi) is 2.94. The van der Waals surface area contributed by atoms with Gasteiger partial charge in [-0.2, -0.15) is 0 Å². The average Bonchev–Trinajstić information content (AvgIpc) is 2.13. The van der Waals surface area contributed by atoms with E-state index in [4.69, 9.17) is 21.4 Å². The van der Waals surface area contributed by atoms with Crippen LogP contribution in [0.2, 0.25) is 5.02 Å². The summed E-state index contributed by atoms with van der Waals surface area (Å²) in [5.74, 6) is 0.730. The highest BCUT2D eigenvalue weighted by Gasteiger charge is 2.19. The van der Waals surface area contributed by atoms with Crippen molar-refractivity contribution < 1.29 is 9.84 Å². The molecule has 0 spiro atoms. The molecule has 0 bridgehead atoms. The largest absolute Gasteiger partial charge is 0.489 e. The summed E-state index contributed by atoms with van der Waals surface area (Å²) in [6, 6.07) is 5.40. The van der Waals surface area contributed by atoms with Gasteiger partial charge >= 0.3 is 0 Å². The van der Waals surface area contributed by atoms with Crippen molar-refractivity contribution in [3.8, 4) is 5.75 Å². The lowest BCUT2D eigenvalue weighted by molar-refractivity contribution is 0.120. The number of benzene rings is 1. The number of hydrogen-bond acceptors (Lipinski definition) is 2. The SMILES string of the molecule is OCc1ccc(OC2CCC2)c(Cl)c1. The highest BCUT2D eigenvalue weighted by atomic mass is 35.5.